The maximum absolute atomic E-state index is 9.44. The van der Waals surface area contributed by atoms with Crippen LogP contribution >= 0.6 is 15.9 Å². The first kappa shape index (κ1) is 8.56. The quantitative estimate of drug-likeness (QED) is 0.772. The normalized spacial score (nSPS) is 13.0. The molecule has 11 heavy (non-hydrogen) atoms. The van der Waals surface area contributed by atoms with E-state index in [0.29, 0.717) is 11.3 Å². The lowest BCUT2D eigenvalue weighted by molar-refractivity contribution is 0.184. The van der Waals surface area contributed by atoms with Gasteiger partial charge in [0.1, 0.15) is 6.10 Å². The lowest BCUT2D eigenvalue weighted by atomic mass is 10.1. The monoisotopic (exact) mass is 216 g/mol. The summed E-state index contributed by atoms with van der Waals surface area (Å²) < 4.78 is 5.80. The number of rotatable bonds is 2. The van der Waals surface area contributed by atoms with E-state index in [4.69, 9.17) is 4.42 Å². The number of aliphatic hydroxyl groups excluding tert-OH is 1. The first-order valence-corrected chi connectivity index (χ1v) is 3.98. The molecule has 3 heteroatoms. The van der Waals surface area contributed by atoms with E-state index in [1.165, 1.54) is 6.26 Å². The van der Waals surface area contributed by atoms with Gasteiger partial charge in [0.2, 0.25) is 0 Å². The summed E-state index contributed by atoms with van der Waals surface area (Å²) in [6.45, 7) is 5.37. The minimum Gasteiger partial charge on any atom is -0.465 e. The van der Waals surface area contributed by atoms with Gasteiger partial charge in [0.25, 0.3) is 0 Å². The van der Waals surface area contributed by atoms with Crippen LogP contribution in [-0.4, -0.2) is 5.11 Å². The second kappa shape index (κ2) is 3.24. The molecule has 0 aliphatic rings. The second-order valence-electron chi connectivity index (χ2n) is 2.38. The molecule has 0 spiro atoms. The molecule has 0 aliphatic heterocycles. The summed E-state index contributed by atoms with van der Waals surface area (Å²) in [5.74, 6) is 0.512. The van der Waals surface area contributed by atoms with E-state index in [9.17, 15) is 5.11 Å². The Labute approximate surface area is 73.7 Å². The molecule has 1 aromatic rings. The Morgan fingerprint density at radius 3 is 2.82 bits per heavy atom. The fourth-order valence-corrected chi connectivity index (χ4v) is 1.14. The minimum absolute atomic E-state index is 0.512. The lowest BCUT2D eigenvalue weighted by Crippen LogP contribution is -1.96. The first-order chi connectivity index (χ1) is 5.13. The smallest absolute Gasteiger partial charge is 0.150 e. The highest BCUT2D eigenvalue weighted by atomic mass is 79.9. The summed E-state index contributed by atoms with van der Waals surface area (Å²) in [4.78, 5) is 0. The Kier molecular flexibility index (Phi) is 2.52. The van der Waals surface area contributed by atoms with Crippen molar-refractivity contribution in [1.82, 2.24) is 0 Å². The minimum atomic E-state index is -0.709. The van der Waals surface area contributed by atoms with Gasteiger partial charge in [-0.15, -0.1) is 0 Å². The Morgan fingerprint density at radius 1 is 1.82 bits per heavy atom. The molecule has 0 aromatic carbocycles. The molecule has 0 saturated carbocycles. The van der Waals surface area contributed by atoms with Crippen molar-refractivity contribution in [3.05, 3.63) is 34.7 Å². The van der Waals surface area contributed by atoms with Crippen LogP contribution in [0.5, 0.6) is 0 Å². The van der Waals surface area contributed by atoms with Crippen molar-refractivity contribution in [3.8, 4) is 0 Å². The summed E-state index contributed by atoms with van der Waals surface area (Å²) in [6.07, 6.45) is 0.811. The summed E-state index contributed by atoms with van der Waals surface area (Å²) in [7, 11) is 0. The highest BCUT2D eigenvalue weighted by molar-refractivity contribution is 9.10. The van der Waals surface area contributed by atoms with Crippen LogP contribution < -0.4 is 0 Å². The van der Waals surface area contributed by atoms with E-state index in [-0.39, 0.29) is 0 Å². The van der Waals surface area contributed by atoms with Crippen LogP contribution in [0.4, 0.5) is 0 Å². The Morgan fingerprint density at radius 2 is 2.45 bits per heavy atom. The lowest BCUT2D eigenvalue weighted by Gasteiger charge is -2.06. The van der Waals surface area contributed by atoms with E-state index in [1.54, 1.807) is 13.0 Å². The molecule has 60 valence electrons. The molecule has 0 saturated heterocycles. The van der Waals surface area contributed by atoms with Crippen LogP contribution in [0, 0.1) is 0 Å². The number of hydrogen-bond acceptors (Lipinski definition) is 2. The fourth-order valence-electron chi connectivity index (χ4n) is 0.724. The topological polar surface area (TPSA) is 33.4 Å². The predicted molar refractivity (Wildman–Crippen MR) is 46.2 cm³/mol. The highest BCUT2D eigenvalue weighted by Gasteiger charge is 2.14. The molecule has 1 aromatic heterocycles. The molecule has 1 atom stereocenters. The van der Waals surface area contributed by atoms with Crippen LogP contribution in [0.3, 0.4) is 0 Å². The molecule has 1 rings (SSSR count). The molecule has 1 heterocycles. The van der Waals surface area contributed by atoms with E-state index in [2.05, 4.69) is 22.5 Å². The van der Waals surface area contributed by atoms with Gasteiger partial charge < -0.3 is 9.52 Å². The van der Waals surface area contributed by atoms with E-state index < -0.39 is 6.10 Å². The van der Waals surface area contributed by atoms with Gasteiger partial charge in [-0.3, -0.25) is 0 Å². The average molecular weight is 217 g/mol. The summed E-state index contributed by atoms with van der Waals surface area (Å²) in [5.41, 5.74) is 0.667. The van der Waals surface area contributed by atoms with Crippen LogP contribution in [-0.2, 0) is 0 Å². The van der Waals surface area contributed by atoms with Crippen molar-refractivity contribution in [2.24, 2.45) is 0 Å². The highest BCUT2D eigenvalue weighted by Crippen LogP contribution is 2.27. The SMILES string of the molecule is C=C(C)C(O)c1occc1Br. The predicted octanol–water partition coefficient (Wildman–Crippen LogP) is 2.65. The number of hydrogen-bond donors (Lipinski definition) is 1. The number of aliphatic hydroxyl groups is 1. The van der Waals surface area contributed by atoms with Gasteiger partial charge in [-0.2, -0.15) is 0 Å². The van der Waals surface area contributed by atoms with Crippen molar-refractivity contribution in [3.63, 3.8) is 0 Å². The van der Waals surface area contributed by atoms with Gasteiger partial charge in [0.05, 0.1) is 10.7 Å². The average Bonchev–Trinajstić information content (AvgIpc) is 2.33. The molecule has 2 nitrogen and oxygen atoms in total. The van der Waals surface area contributed by atoms with Crippen molar-refractivity contribution < 1.29 is 9.52 Å². The van der Waals surface area contributed by atoms with Gasteiger partial charge in [-0.05, 0) is 34.5 Å². The van der Waals surface area contributed by atoms with Gasteiger partial charge in [-0.1, -0.05) is 6.58 Å². The zero-order valence-electron chi connectivity index (χ0n) is 6.17. The largest absolute Gasteiger partial charge is 0.465 e. The van der Waals surface area contributed by atoms with Crippen LogP contribution in [0.15, 0.2) is 33.4 Å². The first-order valence-electron chi connectivity index (χ1n) is 3.19. The van der Waals surface area contributed by atoms with E-state index in [0.717, 1.165) is 4.47 Å². The van der Waals surface area contributed by atoms with Crippen molar-refractivity contribution in [1.29, 1.82) is 0 Å². The zero-order chi connectivity index (χ0) is 8.43. The molecular formula is C8H9BrO2. The Bertz CT molecular complexity index is 265. The van der Waals surface area contributed by atoms with Crippen LogP contribution in [0.2, 0.25) is 0 Å². The zero-order valence-corrected chi connectivity index (χ0v) is 7.76. The molecule has 1 unspecified atom stereocenters. The van der Waals surface area contributed by atoms with Crippen molar-refractivity contribution in [2.75, 3.05) is 0 Å². The Balaban J connectivity index is 2.92. The van der Waals surface area contributed by atoms with Crippen molar-refractivity contribution >= 4 is 15.9 Å². The fraction of sp³-hybridized carbons (Fsp3) is 0.250. The third-order valence-electron chi connectivity index (χ3n) is 1.36. The Hall–Kier alpha value is -0.540. The summed E-state index contributed by atoms with van der Waals surface area (Å²) in [5, 5.41) is 9.44. The third-order valence-corrected chi connectivity index (χ3v) is 2.02. The van der Waals surface area contributed by atoms with Gasteiger partial charge in [0, 0.05) is 0 Å². The maximum atomic E-state index is 9.44. The molecule has 0 amide bonds. The molecule has 0 bridgehead atoms. The van der Waals surface area contributed by atoms with Crippen LogP contribution in [0.1, 0.15) is 18.8 Å². The molecule has 0 radical (unpaired) electrons. The maximum Gasteiger partial charge on any atom is 0.150 e. The summed E-state index contributed by atoms with van der Waals surface area (Å²) >= 11 is 3.24. The van der Waals surface area contributed by atoms with Gasteiger partial charge >= 0.3 is 0 Å². The number of halogens is 1. The summed E-state index contributed by atoms with van der Waals surface area (Å²) in [6, 6.07) is 1.74. The molecular weight excluding hydrogens is 208 g/mol. The third kappa shape index (κ3) is 1.73. The number of furan rings is 1. The van der Waals surface area contributed by atoms with E-state index in [1.807, 2.05) is 0 Å². The van der Waals surface area contributed by atoms with E-state index >= 15 is 0 Å². The van der Waals surface area contributed by atoms with Crippen molar-refractivity contribution in [2.45, 2.75) is 13.0 Å². The van der Waals surface area contributed by atoms with Crippen LogP contribution in [0.25, 0.3) is 0 Å². The molecule has 0 aliphatic carbocycles. The second-order valence-corrected chi connectivity index (χ2v) is 3.24. The molecule has 0 fully saturated rings. The molecule has 1 N–H and O–H groups in total. The van der Waals surface area contributed by atoms with Gasteiger partial charge in [0.15, 0.2) is 5.76 Å². The standard InChI is InChI=1S/C8H9BrO2/c1-5(2)7(10)8-6(9)3-4-11-8/h3-4,7,10H,1H2,2H3. The van der Waals surface area contributed by atoms with Gasteiger partial charge in [-0.25, -0.2) is 0 Å².